The first kappa shape index (κ1) is 9.09. The fourth-order valence-corrected chi connectivity index (χ4v) is 1.50. The number of hydrogen-bond acceptors (Lipinski definition) is 3. The molecule has 0 aliphatic rings. The maximum atomic E-state index is 9.68. The van der Waals surface area contributed by atoms with E-state index in [1.54, 1.807) is 12.3 Å². The number of nitrogens with one attached hydrogen (secondary N) is 1. The smallest absolute Gasteiger partial charge is 0.134 e. The first-order valence-corrected chi connectivity index (χ1v) is 4.65. The van der Waals surface area contributed by atoms with Gasteiger partial charge in [0.25, 0.3) is 0 Å². The van der Waals surface area contributed by atoms with Crippen molar-refractivity contribution >= 4 is 11.0 Å². The third-order valence-electron chi connectivity index (χ3n) is 2.30. The van der Waals surface area contributed by atoms with Crippen LogP contribution in [-0.4, -0.2) is 18.7 Å². The van der Waals surface area contributed by atoms with E-state index in [-0.39, 0.29) is 0 Å². The van der Waals surface area contributed by atoms with Crippen LogP contribution in [0.15, 0.2) is 28.9 Å². The number of furan rings is 1. The summed E-state index contributed by atoms with van der Waals surface area (Å²) in [6, 6.07) is 5.47. The van der Waals surface area contributed by atoms with E-state index >= 15 is 0 Å². The maximum absolute atomic E-state index is 9.68. The molecule has 2 rings (SSSR count). The molecule has 3 heteroatoms. The molecule has 0 aliphatic heterocycles. The Morgan fingerprint density at radius 1 is 1.43 bits per heavy atom. The summed E-state index contributed by atoms with van der Waals surface area (Å²) < 4.78 is 5.26. The van der Waals surface area contributed by atoms with Crippen molar-refractivity contribution in [3.8, 4) is 5.75 Å². The molecule has 1 heterocycles. The summed E-state index contributed by atoms with van der Waals surface area (Å²) in [4.78, 5) is 0. The molecule has 1 aromatic heterocycles. The second kappa shape index (κ2) is 3.72. The van der Waals surface area contributed by atoms with Gasteiger partial charge < -0.3 is 14.8 Å². The van der Waals surface area contributed by atoms with E-state index in [1.165, 1.54) is 0 Å². The third-order valence-corrected chi connectivity index (χ3v) is 2.30. The van der Waals surface area contributed by atoms with E-state index in [9.17, 15) is 5.11 Å². The van der Waals surface area contributed by atoms with Gasteiger partial charge in [-0.1, -0.05) is 0 Å². The van der Waals surface area contributed by atoms with E-state index in [1.807, 2.05) is 19.2 Å². The van der Waals surface area contributed by atoms with Gasteiger partial charge in [-0.15, -0.1) is 0 Å². The molecule has 0 atom stereocenters. The molecule has 0 aliphatic carbocycles. The Hall–Kier alpha value is -1.48. The second-order valence-corrected chi connectivity index (χ2v) is 3.29. The van der Waals surface area contributed by atoms with E-state index in [0.29, 0.717) is 5.75 Å². The Labute approximate surface area is 82.3 Å². The average Bonchev–Trinajstić information content (AvgIpc) is 2.61. The SMILES string of the molecule is CNCCc1cc2occc2cc1O. The molecule has 2 aromatic rings. The van der Waals surface area contributed by atoms with Crippen molar-refractivity contribution in [1.29, 1.82) is 0 Å². The fourth-order valence-electron chi connectivity index (χ4n) is 1.50. The largest absolute Gasteiger partial charge is 0.508 e. The summed E-state index contributed by atoms with van der Waals surface area (Å²) in [6.45, 7) is 0.847. The quantitative estimate of drug-likeness (QED) is 0.778. The third kappa shape index (κ3) is 1.59. The minimum absolute atomic E-state index is 0.342. The number of hydrogen-bond donors (Lipinski definition) is 2. The number of rotatable bonds is 3. The zero-order chi connectivity index (χ0) is 9.97. The van der Waals surface area contributed by atoms with Gasteiger partial charge in [-0.2, -0.15) is 0 Å². The van der Waals surface area contributed by atoms with Gasteiger partial charge in [0.15, 0.2) is 0 Å². The van der Waals surface area contributed by atoms with Gasteiger partial charge in [0, 0.05) is 5.39 Å². The van der Waals surface area contributed by atoms with E-state index < -0.39 is 0 Å². The predicted molar refractivity (Wildman–Crippen MR) is 55.5 cm³/mol. The molecule has 0 radical (unpaired) electrons. The van der Waals surface area contributed by atoms with Gasteiger partial charge >= 0.3 is 0 Å². The lowest BCUT2D eigenvalue weighted by Crippen LogP contribution is -2.10. The molecule has 0 fully saturated rings. The van der Waals surface area contributed by atoms with Crippen LogP contribution in [-0.2, 0) is 6.42 Å². The molecule has 0 amide bonds. The number of benzene rings is 1. The Morgan fingerprint density at radius 3 is 3.07 bits per heavy atom. The summed E-state index contributed by atoms with van der Waals surface area (Å²) in [7, 11) is 1.89. The Kier molecular flexibility index (Phi) is 2.41. The first-order valence-electron chi connectivity index (χ1n) is 4.65. The summed E-state index contributed by atoms with van der Waals surface area (Å²) in [5, 5.41) is 13.7. The van der Waals surface area contributed by atoms with Gasteiger partial charge in [-0.25, -0.2) is 0 Å². The highest BCUT2D eigenvalue weighted by Gasteiger charge is 2.05. The zero-order valence-electron chi connectivity index (χ0n) is 8.08. The van der Waals surface area contributed by atoms with Gasteiger partial charge in [-0.3, -0.25) is 0 Å². The van der Waals surface area contributed by atoms with Crippen LogP contribution in [0.4, 0.5) is 0 Å². The Balaban J connectivity index is 2.38. The normalized spacial score (nSPS) is 10.9. The van der Waals surface area contributed by atoms with Crippen molar-refractivity contribution in [1.82, 2.24) is 5.32 Å². The van der Waals surface area contributed by atoms with Crippen molar-refractivity contribution < 1.29 is 9.52 Å². The summed E-state index contributed by atoms with van der Waals surface area (Å²) in [5.74, 6) is 0.342. The van der Waals surface area contributed by atoms with Crippen molar-refractivity contribution in [3.05, 3.63) is 30.0 Å². The topological polar surface area (TPSA) is 45.4 Å². The van der Waals surface area contributed by atoms with Crippen molar-refractivity contribution in [2.45, 2.75) is 6.42 Å². The molecule has 0 bridgehead atoms. The lowest BCUT2D eigenvalue weighted by Gasteiger charge is -2.03. The van der Waals surface area contributed by atoms with E-state index in [4.69, 9.17) is 4.42 Å². The monoisotopic (exact) mass is 191 g/mol. The second-order valence-electron chi connectivity index (χ2n) is 3.29. The van der Waals surface area contributed by atoms with Crippen LogP contribution in [0.2, 0.25) is 0 Å². The van der Waals surface area contributed by atoms with Gasteiger partial charge in [0.2, 0.25) is 0 Å². The molecule has 0 saturated heterocycles. The molecule has 14 heavy (non-hydrogen) atoms. The number of aromatic hydroxyl groups is 1. The highest BCUT2D eigenvalue weighted by Crippen LogP contribution is 2.25. The first-order chi connectivity index (χ1) is 6.81. The molecule has 1 aromatic carbocycles. The van der Waals surface area contributed by atoms with E-state index in [0.717, 1.165) is 29.5 Å². The molecule has 3 nitrogen and oxygen atoms in total. The van der Waals surface area contributed by atoms with Gasteiger partial charge in [-0.05, 0) is 43.8 Å². The molecule has 0 spiro atoms. The molecular weight excluding hydrogens is 178 g/mol. The average molecular weight is 191 g/mol. The predicted octanol–water partition coefficient (Wildman–Crippen LogP) is 1.90. The number of phenolic OH excluding ortho intramolecular Hbond substituents is 1. The van der Waals surface area contributed by atoms with E-state index in [2.05, 4.69) is 5.32 Å². The fraction of sp³-hybridized carbons (Fsp3) is 0.273. The van der Waals surface area contributed by atoms with Crippen LogP contribution in [0.1, 0.15) is 5.56 Å². The molecule has 0 unspecified atom stereocenters. The highest BCUT2D eigenvalue weighted by molar-refractivity contribution is 5.79. The molecule has 2 N–H and O–H groups in total. The van der Waals surface area contributed by atoms with Crippen LogP contribution < -0.4 is 5.32 Å². The van der Waals surface area contributed by atoms with Crippen molar-refractivity contribution in [2.75, 3.05) is 13.6 Å². The van der Waals surface area contributed by atoms with Gasteiger partial charge in [0.1, 0.15) is 11.3 Å². The number of fused-ring (bicyclic) bond motifs is 1. The highest BCUT2D eigenvalue weighted by atomic mass is 16.3. The molecule has 74 valence electrons. The van der Waals surface area contributed by atoms with Crippen molar-refractivity contribution in [3.63, 3.8) is 0 Å². The van der Waals surface area contributed by atoms with Crippen LogP contribution in [0, 0.1) is 0 Å². The zero-order valence-corrected chi connectivity index (χ0v) is 8.08. The number of phenols is 1. The van der Waals surface area contributed by atoms with Crippen LogP contribution >= 0.6 is 0 Å². The van der Waals surface area contributed by atoms with Gasteiger partial charge in [0.05, 0.1) is 6.26 Å². The minimum atomic E-state index is 0.342. The lowest BCUT2D eigenvalue weighted by atomic mass is 10.1. The number of likely N-dealkylation sites (N-methyl/N-ethyl adjacent to an activating group) is 1. The Morgan fingerprint density at radius 2 is 2.29 bits per heavy atom. The lowest BCUT2D eigenvalue weighted by molar-refractivity contribution is 0.468. The molecular formula is C11H13NO2. The summed E-state index contributed by atoms with van der Waals surface area (Å²) in [5.41, 5.74) is 1.75. The van der Waals surface area contributed by atoms with Crippen LogP contribution in [0.5, 0.6) is 5.75 Å². The maximum Gasteiger partial charge on any atom is 0.134 e. The van der Waals surface area contributed by atoms with Crippen LogP contribution in [0.25, 0.3) is 11.0 Å². The van der Waals surface area contributed by atoms with Crippen LogP contribution in [0.3, 0.4) is 0 Å². The summed E-state index contributed by atoms with van der Waals surface area (Å²) >= 11 is 0. The minimum Gasteiger partial charge on any atom is -0.508 e. The summed E-state index contributed by atoms with van der Waals surface area (Å²) in [6.07, 6.45) is 2.44. The molecule has 0 saturated carbocycles. The standard InChI is InChI=1S/C11H13NO2/c1-12-4-2-8-7-11-9(3-5-14-11)6-10(8)13/h3,5-7,12-13H,2,4H2,1H3. The van der Waals surface area contributed by atoms with Crippen molar-refractivity contribution in [2.24, 2.45) is 0 Å². The Bertz CT molecular complexity index is 434.